The zero-order valence-corrected chi connectivity index (χ0v) is 15.6. The van der Waals surface area contributed by atoms with Gasteiger partial charge < -0.3 is 10.4 Å². The fourth-order valence-corrected chi connectivity index (χ4v) is 5.04. The summed E-state index contributed by atoms with van der Waals surface area (Å²) in [5, 5.41) is 13.1. The molecule has 1 aromatic carbocycles. The van der Waals surface area contributed by atoms with Crippen molar-refractivity contribution < 1.29 is 9.90 Å². The van der Waals surface area contributed by atoms with Crippen LogP contribution in [-0.4, -0.2) is 18.1 Å². The van der Waals surface area contributed by atoms with Gasteiger partial charge in [-0.15, -0.1) is 11.3 Å². The molecule has 4 heteroatoms. The molecule has 0 aliphatic heterocycles. The lowest BCUT2D eigenvalue weighted by Crippen LogP contribution is -2.22. The number of benzene rings is 1. The molecule has 1 aliphatic carbocycles. The SMILES string of the molecule is CNCc1cccc(-c2sc3c(c2C(=O)O)CC(C)(C)CC3)c1C. The zero-order chi connectivity index (χ0) is 17.5. The van der Waals surface area contributed by atoms with E-state index in [1.807, 2.05) is 13.1 Å². The number of hydrogen-bond donors (Lipinski definition) is 2. The predicted octanol–water partition coefficient (Wildman–Crippen LogP) is 4.66. The molecule has 0 bridgehead atoms. The average Bonchev–Trinajstić information content (AvgIpc) is 2.86. The Morgan fingerprint density at radius 3 is 2.79 bits per heavy atom. The van der Waals surface area contributed by atoms with Gasteiger partial charge in [-0.05, 0) is 60.9 Å². The molecule has 1 aromatic heterocycles. The first-order chi connectivity index (χ1) is 11.3. The van der Waals surface area contributed by atoms with Crippen LogP contribution in [0.15, 0.2) is 18.2 Å². The van der Waals surface area contributed by atoms with Crippen LogP contribution in [0.25, 0.3) is 10.4 Å². The van der Waals surface area contributed by atoms with Crippen LogP contribution >= 0.6 is 11.3 Å². The minimum atomic E-state index is -0.793. The summed E-state index contributed by atoms with van der Waals surface area (Å²) in [6, 6.07) is 6.19. The molecule has 1 heterocycles. The zero-order valence-electron chi connectivity index (χ0n) is 14.8. The molecule has 0 radical (unpaired) electrons. The number of rotatable bonds is 4. The second-order valence-electron chi connectivity index (χ2n) is 7.47. The van der Waals surface area contributed by atoms with Crippen LogP contribution < -0.4 is 5.32 Å². The van der Waals surface area contributed by atoms with E-state index in [2.05, 4.69) is 38.2 Å². The van der Waals surface area contributed by atoms with Crippen LogP contribution in [0.5, 0.6) is 0 Å². The second kappa shape index (κ2) is 6.34. The predicted molar refractivity (Wildman–Crippen MR) is 100 cm³/mol. The molecule has 0 saturated heterocycles. The molecule has 3 nitrogen and oxygen atoms in total. The Kier molecular flexibility index (Phi) is 4.54. The summed E-state index contributed by atoms with van der Waals surface area (Å²) in [5.74, 6) is -0.793. The summed E-state index contributed by atoms with van der Waals surface area (Å²) in [4.78, 5) is 14.3. The second-order valence-corrected chi connectivity index (χ2v) is 8.58. The molecule has 0 atom stereocenters. The molecule has 0 fully saturated rings. The number of aryl methyl sites for hydroxylation is 1. The minimum Gasteiger partial charge on any atom is -0.478 e. The van der Waals surface area contributed by atoms with E-state index in [4.69, 9.17) is 0 Å². The molecule has 0 spiro atoms. The Balaban J connectivity index is 2.18. The molecule has 0 saturated carbocycles. The highest BCUT2D eigenvalue weighted by molar-refractivity contribution is 7.16. The number of aromatic carboxylic acids is 1. The molecule has 1 aliphatic rings. The van der Waals surface area contributed by atoms with Crippen molar-refractivity contribution in [2.24, 2.45) is 5.41 Å². The van der Waals surface area contributed by atoms with Gasteiger partial charge in [-0.2, -0.15) is 0 Å². The number of carboxylic acids is 1. The molecule has 0 unspecified atom stereocenters. The Bertz CT molecular complexity index is 789. The molecule has 128 valence electrons. The molecule has 2 aromatic rings. The topological polar surface area (TPSA) is 49.3 Å². The first-order valence-corrected chi connectivity index (χ1v) is 9.27. The number of carboxylic acid groups (broad SMARTS) is 1. The van der Waals surface area contributed by atoms with E-state index in [1.54, 1.807) is 11.3 Å². The number of fused-ring (bicyclic) bond motifs is 1. The van der Waals surface area contributed by atoms with Crippen molar-refractivity contribution in [2.45, 2.75) is 46.6 Å². The Morgan fingerprint density at radius 2 is 2.12 bits per heavy atom. The summed E-state index contributed by atoms with van der Waals surface area (Å²) in [6.45, 7) is 7.35. The van der Waals surface area contributed by atoms with Gasteiger partial charge in [0.2, 0.25) is 0 Å². The molecule has 0 amide bonds. The quantitative estimate of drug-likeness (QED) is 0.849. The van der Waals surface area contributed by atoms with Gasteiger partial charge in [-0.25, -0.2) is 4.79 Å². The third-order valence-corrected chi connectivity index (χ3v) is 6.37. The number of hydrogen-bond acceptors (Lipinski definition) is 3. The van der Waals surface area contributed by atoms with Crippen molar-refractivity contribution >= 4 is 17.3 Å². The number of thiophene rings is 1. The van der Waals surface area contributed by atoms with Crippen LogP contribution in [0.2, 0.25) is 0 Å². The molecular weight excluding hydrogens is 318 g/mol. The van der Waals surface area contributed by atoms with Gasteiger partial charge in [0.25, 0.3) is 0 Å². The average molecular weight is 343 g/mol. The van der Waals surface area contributed by atoms with Crippen molar-refractivity contribution in [1.82, 2.24) is 5.32 Å². The largest absolute Gasteiger partial charge is 0.478 e. The summed E-state index contributed by atoms with van der Waals surface area (Å²) >= 11 is 1.68. The monoisotopic (exact) mass is 343 g/mol. The van der Waals surface area contributed by atoms with Crippen LogP contribution in [0.4, 0.5) is 0 Å². The van der Waals surface area contributed by atoms with Crippen LogP contribution in [0.1, 0.15) is 52.2 Å². The Labute approximate surface area is 147 Å². The summed E-state index contributed by atoms with van der Waals surface area (Å²) in [5.41, 5.74) is 5.24. The van der Waals surface area contributed by atoms with Gasteiger partial charge in [0, 0.05) is 16.3 Å². The maximum absolute atomic E-state index is 12.1. The van der Waals surface area contributed by atoms with E-state index < -0.39 is 5.97 Å². The fourth-order valence-electron chi connectivity index (χ4n) is 3.65. The highest BCUT2D eigenvalue weighted by Crippen LogP contribution is 2.45. The van der Waals surface area contributed by atoms with E-state index in [0.717, 1.165) is 41.8 Å². The first-order valence-electron chi connectivity index (χ1n) is 8.45. The van der Waals surface area contributed by atoms with Crippen molar-refractivity contribution in [3.8, 4) is 10.4 Å². The van der Waals surface area contributed by atoms with Crippen LogP contribution in [-0.2, 0) is 19.4 Å². The third-order valence-electron chi connectivity index (χ3n) is 5.05. The van der Waals surface area contributed by atoms with E-state index >= 15 is 0 Å². The maximum atomic E-state index is 12.1. The van der Waals surface area contributed by atoms with Crippen molar-refractivity contribution in [1.29, 1.82) is 0 Å². The standard InChI is InChI=1S/C20H25NO2S/c1-12-13(11-21-4)6-5-7-14(12)18-17(19(22)23)15-10-20(2,3)9-8-16(15)24-18/h5-7,21H,8-11H2,1-4H3,(H,22,23). The maximum Gasteiger partial charge on any atom is 0.337 e. The van der Waals surface area contributed by atoms with Crippen molar-refractivity contribution in [3.63, 3.8) is 0 Å². The normalized spacial score (nSPS) is 16.0. The van der Waals surface area contributed by atoms with Gasteiger partial charge in [0.1, 0.15) is 0 Å². The van der Waals surface area contributed by atoms with Gasteiger partial charge in [-0.3, -0.25) is 0 Å². The molecule has 2 N–H and O–H groups in total. The van der Waals surface area contributed by atoms with Crippen LogP contribution in [0, 0.1) is 12.3 Å². The third kappa shape index (κ3) is 3.01. The van der Waals surface area contributed by atoms with Gasteiger partial charge in [0.15, 0.2) is 0 Å². The Morgan fingerprint density at radius 1 is 1.38 bits per heavy atom. The lowest BCUT2D eigenvalue weighted by Gasteiger charge is -2.29. The van der Waals surface area contributed by atoms with Gasteiger partial charge in [-0.1, -0.05) is 32.0 Å². The lowest BCUT2D eigenvalue weighted by molar-refractivity contribution is 0.0696. The van der Waals surface area contributed by atoms with E-state index in [0.29, 0.717) is 5.56 Å². The van der Waals surface area contributed by atoms with Crippen molar-refractivity contribution in [3.05, 3.63) is 45.3 Å². The lowest BCUT2D eigenvalue weighted by atomic mass is 9.76. The highest BCUT2D eigenvalue weighted by atomic mass is 32.1. The fraction of sp³-hybridized carbons (Fsp3) is 0.450. The smallest absolute Gasteiger partial charge is 0.337 e. The summed E-state index contributed by atoms with van der Waals surface area (Å²) in [6.07, 6.45) is 2.97. The molecule has 24 heavy (non-hydrogen) atoms. The summed E-state index contributed by atoms with van der Waals surface area (Å²) in [7, 11) is 1.93. The van der Waals surface area contributed by atoms with E-state index in [9.17, 15) is 9.90 Å². The first kappa shape index (κ1) is 17.2. The summed E-state index contributed by atoms with van der Waals surface area (Å²) < 4.78 is 0. The van der Waals surface area contributed by atoms with Gasteiger partial charge in [0.05, 0.1) is 5.56 Å². The minimum absolute atomic E-state index is 0.179. The van der Waals surface area contributed by atoms with E-state index in [1.165, 1.54) is 16.0 Å². The number of nitrogens with one attached hydrogen (secondary N) is 1. The molecule has 3 rings (SSSR count). The van der Waals surface area contributed by atoms with Crippen molar-refractivity contribution in [2.75, 3.05) is 7.05 Å². The Hall–Kier alpha value is -1.65. The van der Waals surface area contributed by atoms with E-state index in [-0.39, 0.29) is 5.41 Å². The molecular formula is C20H25NO2S. The number of carbonyl (C=O) groups is 1. The van der Waals surface area contributed by atoms with Crippen LogP contribution in [0.3, 0.4) is 0 Å². The highest BCUT2D eigenvalue weighted by Gasteiger charge is 2.33. The van der Waals surface area contributed by atoms with Gasteiger partial charge >= 0.3 is 5.97 Å².